The van der Waals surface area contributed by atoms with Crippen LogP contribution in [0.1, 0.15) is 29.9 Å². The fourth-order valence-corrected chi connectivity index (χ4v) is 3.37. The smallest absolute Gasteiger partial charge is 0.0406 e. The predicted octanol–water partition coefficient (Wildman–Crippen LogP) is 4.47. The minimum atomic E-state index is 0.482. The fraction of sp³-hybridized carbons (Fsp3) is 0.333. The average Bonchev–Trinajstić information content (AvgIpc) is 2.52. The highest BCUT2D eigenvalue weighted by atomic mass is 35.5. The first kappa shape index (κ1) is 13.7. The molecule has 20 heavy (non-hydrogen) atoms. The quantitative estimate of drug-likeness (QED) is 0.877. The Kier molecular flexibility index (Phi) is 4.39. The summed E-state index contributed by atoms with van der Waals surface area (Å²) in [6, 6.07) is 19.2. The van der Waals surface area contributed by atoms with Crippen LogP contribution in [-0.4, -0.2) is 13.1 Å². The summed E-state index contributed by atoms with van der Waals surface area (Å²) in [6.45, 7) is 2.25. The highest BCUT2D eigenvalue weighted by Gasteiger charge is 2.26. The summed E-state index contributed by atoms with van der Waals surface area (Å²) in [5.41, 5.74) is 2.80. The Morgan fingerprint density at radius 2 is 1.45 bits per heavy atom. The molecule has 0 aromatic heterocycles. The summed E-state index contributed by atoms with van der Waals surface area (Å²) < 4.78 is 0. The molecule has 1 heterocycles. The van der Waals surface area contributed by atoms with E-state index in [9.17, 15) is 0 Å². The Balaban J connectivity index is 1.96. The first-order valence-corrected chi connectivity index (χ1v) is 7.73. The Morgan fingerprint density at radius 1 is 0.850 bits per heavy atom. The van der Waals surface area contributed by atoms with E-state index in [2.05, 4.69) is 47.8 Å². The zero-order valence-corrected chi connectivity index (χ0v) is 12.3. The monoisotopic (exact) mass is 285 g/mol. The summed E-state index contributed by atoms with van der Waals surface area (Å²) in [5.74, 6) is 1.19. The fourth-order valence-electron chi connectivity index (χ4n) is 3.24. The molecule has 1 atom stereocenters. The normalized spacial score (nSPS) is 17.9. The zero-order valence-electron chi connectivity index (χ0n) is 11.6. The minimum absolute atomic E-state index is 0.482. The maximum Gasteiger partial charge on any atom is 0.0406 e. The van der Waals surface area contributed by atoms with Gasteiger partial charge in [-0.1, -0.05) is 54.1 Å². The molecule has 1 fully saturated rings. The van der Waals surface area contributed by atoms with E-state index in [0.717, 1.165) is 18.1 Å². The summed E-state index contributed by atoms with van der Waals surface area (Å²) in [7, 11) is 0. The topological polar surface area (TPSA) is 12.0 Å². The first-order valence-electron chi connectivity index (χ1n) is 7.36. The lowest BCUT2D eigenvalue weighted by molar-refractivity contribution is 0.342. The molecule has 3 rings (SSSR count). The van der Waals surface area contributed by atoms with Crippen LogP contribution in [0.3, 0.4) is 0 Å². The summed E-state index contributed by atoms with van der Waals surface area (Å²) in [5, 5.41) is 4.27. The molecule has 0 spiro atoms. The number of piperidine rings is 1. The summed E-state index contributed by atoms with van der Waals surface area (Å²) >= 11 is 6.04. The number of benzene rings is 2. The maximum absolute atomic E-state index is 6.04. The van der Waals surface area contributed by atoms with Crippen LogP contribution in [0, 0.1) is 5.92 Å². The number of nitrogens with one attached hydrogen (secondary N) is 1. The van der Waals surface area contributed by atoms with E-state index < -0.39 is 0 Å². The van der Waals surface area contributed by atoms with Gasteiger partial charge in [-0.3, -0.25) is 0 Å². The third-order valence-corrected chi connectivity index (χ3v) is 4.50. The van der Waals surface area contributed by atoms with Gasteiger partial charge in [0.15, 0.2) is 0 Å². The molecule has 0 radical (unpaired) electrons. The van der Waals surface area contributed by atoms with Crippen molar-refractivity contribution in [1.29, 1.82) is 0 Å². The molecule has 2 aromatic rings. The van der Waals surface area contributed by atoms with E-state index in [-0.39, 0.29) is 0 Å². The Hall–Kier alpha value is -1.31. The van der Waals surface area contributed by atoms with Gasteiger partial charge in [-0.2, -0.15) is 0 Å². The number of rotatable bonds is 3. The van der Waals surface area contributed by atoms with Crippen molar-refractivity contribution in [1.82, 2.24) is 5.32 Å². The molecule has 0 saturated carbocycles. The van der Waals surface area contributed by atoms with Crippen LogP contribution in [0.25, 0.3) is 0 Å². The third-order valence-electron chi connectivity index (χ3n) is 4.24. The van der Waals surface area contributed by atoms with Crippen molar-refractivity contribution in [3.63, 3.8) is 0 Å². The summed E-state index contributed by atoms with van der Waals surface area (Å²) in [6.07, 6.45) is 2.48. The van der Waals surface area contributed by atoms with E-state index in [1.54, 1.807) is 0 Å². The van der Waals surface area contributed by atoms with Crippen molar-refractivity contribution >= 4 is 11.6 Å². The second kappa shape index (κ2) is 6.43. The molecular weight excluding hydrogens is 266 g/mol. The molecule has 0 amide bonds. The lowest BCUT2D eigenvalue weighted by Gasteiger charge is -2.31. The molecule has 1 N–H and O–H groups in total. The standard InChI is InChI=1S/C18H20ClN/c19-17-8-6-15(7-9-17)18(14-4-2-1-3-5-14)16-10-12-20-13-11-16/h1-9,16,18,20H,10-13H2. The third kappa shape index (κ3) is 3.05. The number of hydrogen-bond donors (Lipinski definition) is 1. The van der Waals surface area contributed by atoms with Crippen LogP contribution in [0.2, 0.25) is 5.02 Å². The minimum Gasteiger partial charge on any atom is -0.317 e. The van der Waals surface area contributed by atoms with Crippen LogP contribution >= 0.6 is 11.6 Å². The molecule has 1 unspecified atom stereocenters. The van der Waals surface area contributed by atoms with E-state index in [1.807, 2.05) is 12.1 Å². The van der Waals surface area contributed by atoms with E-state index in [4.69, 9.17) is 11.6 Å². The van der Waals surface area contributed by atoms with Crippen molar-refractivity contribution in [2.75, 3.05) is 13.1 Å². The van der Waals surface area contributed by atoms with Gasteiger partial charge in [0.2, 0.25) is 0 Å². The second-order valence-corrected chi connectivity index (χ2v) is 5.96. The SMILES string of the molecule is Clc1ccc(C(c2ccccc2)C2CCNCC2)cc1. The zero-order chi connectivity index (χ0) is 13.8. The second-order valence-electron chi connectivity index (χ2n) is 5.53. The lowest BCUT2D eigenvalue weighted by atomic mass is 9.76. The Bertz CT molecular complexity index is 529. The number of hydrogen-bond acceptors (Lipinski definition) is 1. The molecule has 1 nitrogen and oxygen atoms in total. The van der Waals surface area contributed by atoms with Gasteiger partial charge in [0, 0.05) is 10.9 Å². The molecule has 1 aliphatic heterocycles. The van der Waals surface area contributed by atoms with Crippen LogP contribution in [0.15, 0.2) is 54.6 Å². The van der Waals surface area contributed by atoms with Gasteiger partial charge in [-0.25, -0.2) is 0 Å². The van der Waals surface area contributed by atoms with Gasteiger partial charge in [0.05, 0.1) is 0 Å². The van der Waals surface area contributed by atoms with Crippen molar-refractivity contribution in [2.24, 2.45) is 5.92 Å². The highest BCUT2D eigenvalue weighted by molar-refractivity contribution is 6.30. The molecule has 0 aliphatic carbocycles. The predicted molar refractivity (Wildman–Crippen MR) is 85.3 cm³/mol. The van der Waals surface area contributed by atoms with Gasteiger partial charge >= 0.3 is 0 Å². The van der Waals surface area contributed by atoms with E-state index >= 15 is 0 Å². The van der Waals surface area contributed by atoms with Crippen molar-refractivity contribution in [3.05, 3.63) is 70.7 Å². The number of halogens is 1. The molecule has 0 bridgehead atoms. The van der Waals surface area contributed by atoms with Gasteiger partial charge in [0.25, 0.3) is 0 Å². The molecule has 2 heteroatoms. The summed E-state index contributed by atoms with van der Waals surface area (Å²) in [4.78, 5) is 0. The van der Waals surface area contributed by atoms with Crippen LogP contribution in [-0.2, 0) is 0 Å². The molecule has 1 aliphatic rings. The van der Waals surface area contributed by atoms with Gasteiger partial charge in [-0.05, 0) is 55.1 Å². The Morgan fingerprint density at radius 3 is 2.10 bits per heavy atom. The highest BCUT2D eigenvalue weighted by Crippen LogP contribution is 2.37. The van der Waals surface area contributed by atoms with Crippen molar-refractivity contribution < 1.29 is 0 Å². The van der Waals surface area contributed by atoms with Gasteiger partial charge < -0.3 is 5.32 Å². The van der Waals surface area contributed by atoms with Crippen LogP contribution in [0.4, 0.5) is 0 Å². The lowest BCUT2D eigenvalue weighted by Crippen LogP contribution is -2.31. The maximum atomic E-state index is 6.04. The van der Waals surface area contributed by atoms with E-state index in [0.29, 0.717) is 11.8 Å². The van der Waals surface area contributed by atoms with Crippen LogP contribution in [0.5, 0.6) is 0 Å². The van der Waals surface area contributed by atoms with Crippen molar-refractivity contribution in [2.45, 2.75) is 18.8 Å². The molecule has 1 saturated heterocycles. The Labute approximate surface area is 126 Å². The van der Waals surface area contributed by atoms with Gasteiger partial charge in [0.1, 0.15) is 0 Å². The largest absolute Gasteiger partial charge is 0.317 e. The first-order chi connectivity index (χ1) is 9.84. The molecule has 2 aromatic carbocycles. The van der Waals surface area contributed by atoms with Crippen LogP contribution < -0.4 is 5.32 Å². The molecule has 104 valence electrons. The average molecular weight is 286 g/mol. The molecular formula is C18H20ClN. The van der Waals surface area contributed by atoms with Gasteiger partial charge in [-0.15, -0.1) is 0 Å². The van der Waals surface area contributed by atoms with E-state index in [1.165, 1.54) is 24.0 Å². The van der Waals surface area contributed by atoms with Crippen molar-refractivity contribution in [3.8, 4) is 0 Å².